The van der Waals surface area contributed by atoms with Crippen LogP contribution in [0.15, 0.2) is 242 Å². The fraction of sp³-hybridized carbons (Fsp3) is 0.0909. The molecule has 0 spiro atoms. The zero-order valence-electron chi connectivity index (χ0n) is 38.3. The van der Waals surface area contributed by atoms with E-state index in [-0.39, 0.29) is 11.3 Å². The van der Waals surface area contributed by atoms with E-state index in [1.54, 1.807) is 0 Å². The number of hydrogen-bond donors (Lipinski definition) is 0. The van der Waals surface area contributed by atoms with Gasteiger partial charge in [0.15, 0.2) is 0 Å². The van der Waals surface area contributed by atoms with E-state index in [4.69, 9.17) is 9.97 Å². The summed E-state index contributed by atoms with van der Waals surface area (Å²) in [7, 11) is 0. The van der Waals surface area contributed by atoms with Crippen LogP contribution in [0.1, 0.15) is 53.6 Å². The SMILES string of the molecule is CC12C=CC=CC1c1ccccc1-c1ncc(-c3ccc4c(c3)C(C3=CC=CCC3)(c3ccccc3)c3cc(-c5ccc(-c6ccc7c(c6)c6ccccc6n7-c6ccccc6)cc5)ccc3-4)nc12. The van der Waals surface area contributed by atoms with E-state index in [2.05, 4.69) is 242 Å². The Morgan fingerprint density at radius 3 is 1.99 bits per heavy atom. The van der Waals surface area contributed by atoms with Crippen molar-refractivity contribution in [3.63, 3.8) is 0 Å². The van der Waals surface area contributed by atoms with Crippen LogP contribution in [0.5, 0.6) is 0 Å². The Kier molecular flexibility index (Phi) is 8.82. The first-order valence-corrected chi connectivity index (χ1v) is 24.3. The molecule has 4 aliphatic carbocycles. The average molecular weight is 882 g/mol. The van der Waals surface area contributed by atoms with E-state index in [0.29, 0.717) is 0 Å². The van der Waals surface area contributed by atoms with E-state index in [1.165, 1.54) is 94.3 Å². The van der Waals surface area contributed by atoms with E-state index in [0.717, 1.165) is 35.5 Å². The van der Waals surface area contributed by atoms with Crippen molar-refractivity contribution in [1.82, 2.24) is 14.5 Å². The molecule has 3 nitrogen and oxygen atoms in total. The van der Waals surface area contributed by atoms with Gasteiger partial charge in [-0.2, -0.15) is 0 Å². The normalized spacial score (nSPS) is 19.4. The number of fused-ring (bicyclic) bond motifs is 12. The molecule has 3 atom stereocenters. The maximum atomic E-state index is 5.60. The summed E-state index contributed by atoms with van der Waals surface area (Å²) in [5.74, 6) is 0.191. The van der Waals surface area contributed by atoms with Crippen LogP contribution in [0.2, 0.25) is 0 Å². The molecule has 326 valence electrons. The lowest BCUT2D eigenvalue weighted by Gasteiger charge is -2.41. The van der Waals surface area contributed by atoms with Crippen LogP contribution in [0.25, 0.3) is 83.4 Å². The van der Waals surface area contributed by atoms with Gasteiger partial charge in [0.2, 0.25) is 0 Å². The highest BCUT2D eigenvalue weighted by molar-refractivity contribution is 6.10. The van der Waals surface area contributed by atoms with Crippen LogP contribution in [-0.2, 0) is 10.8 Å². The van der Waals surface area contributed by atoms with Gasteiger partial charge in [-0.1, -0.05) is 194 Å². The minimum atomic E-state index is -0.508. The van der Waals surface area contributed by atoms with E-state index >= 15 is 0 Å². The Bertz CT molecular complexity index is 3850. The maximum absolute atomic E-state index is 5.60. The molecular formula is C66H47N3. The number of aromatic nitrogens is 3. The van der Waals surface area contributed by atoms with Crippen LogP contribution in [-0.4, -0.2) is 14.5 Å². The average Bonchev–Trinajstić information content (AvgIpc) is 3.91. The molecule has 2 aromatic heterocycles. The Morgan fingerprint density at radius 2 is 1.20 bits per heavy atom. The van der Waals surface area contributed by atoms with Gasteiger partial charge in [-0.25, -0.2) is 4.98 Å². The third kappa shape index (κ3) is 5.87. The molecule has 10 aromatic rings. The number of rotatable bonds is 6. The molecule has 0 saturated heterocycles. The van der Waals surface area contributed by atoms with Gasteiger partial charge in [-0.05, 0) is 118 Å². The highest BCUT2D eigenvalue weighted by Gasteiger charge is 2.48. The van der Waals surface area contributed by atoms with Crippen LogP contribution < -0.4 is 0 Å². The topological polar surface area (TPSA) is 30.7 Å². The molecule has 0 fully saturated rings. The number of benzene rings is 8. The fourth-order valence-electron chi connectivity index (χ4n) is 12.4. The Hall–Kier alpha value is -8.40. The van der Waals surface area contributed by atoms with Crippen molar-refractivity contribution in [3.8, 4) is 61.6 Å². The van der Waals surface area contributed by atoms with Crippen molar-refractivity contribution in [2.24, 2.45) is 0 Å². The Balaban J connectivity index is 0.889. The van der Waals surface area contributed by atoms with Crippen molar-refractivity contribution in [2.45, 2.75) is 36.5 Å². The van der Waals surface area contributed by atoms with E-state index < -0.39 is 5.41 Å². The second-order valence-corrected chi connectivity index (χ2v) is 19.3. The molecule has 0 saturated carbocycles. The Labute approximate surface area is 402 Å². The molecule has 3 unspecified atom stereocenters. The lowest BCUT2D eigenvalue weighted by Crippen LogP contribution is -2.34. The molecule has 3 heteroatoms. The minimum Gasteiger partial charge on any atom is -0.309 e. The summed E-state index contributed by atoms with van der Waals surface area (Å²) in [6.45, 7) is 2.32. The Morgan fingerprint density at radius 1 is 0.551 bits per heavy atom. The summed E-state index contributed by atoms with van der Waals surface area (Å²) in [6, 6.07) is 69.7. The predicted molar refractivity (Wildman–Crippen MR) is 285 cm³/mol. The summed E-state index contributed by atoms with van der Waals surface area (Å²) in [5.41, 5.74) is 21.9. The highest BCUT2D eigenvalue weighted by atomic mass is 15.0. The first-order chi connectivity index (χ1) is 34.1. The highest BCUT2D eigenvalue weighted by Crippen LogP contribution is 2.59. The van der Waals surface area contributed by atoms with Crippen molar-refractivity contribution >= 4 is 21.8 Å². The van der Waals surface area contributed by atoms with Gasteiger partial charge in [0.1, 0.15) is 0 Å². The summed E-state index contributed by atoms with van der Waals surface area (Å²) >= 11 is 0. The standard InChI is InChI=1S/C66H47N3/c1-65-38-16-15-26-57(65)51-23-11-12-25-55(51)63-64(65)68-60(42-67-63)47-33-36-53-52-35-32-46(40-58(52)66(59(53)41-47,48-17-5-2-6-18-48)49-19-7-3-8-20-49)44-30-28-43(29-31-44)45-34-37-62-56(39-45)54-24-13-14-27-61(54)69(62)50-21-9-4-10-22-50/h2-7,9-19,21-42,57H,8,20H2,1H3. The van der Waals surface area contributed by atoms with Gasteiger partial charge in [0.05, 0.1) is 39.7 Å². The molecule has 0 amide bonds. The number of allylic oxidation sites excluding steroid dienone is 8. The number of nitrogens with zero attached hydrogens (tertiary/aromatic N) is 3. The second-order valence-electron chi connectivity index (χ2n) is 19.3. The lowest BCUT2D eigenvalue weighted by molar-refractivity contribution is 0.501. The molecule has 8 aromatic carbocycles. The van der Waals surface area contributed by atoms with Crippen molar-refractivity contribution in [3.05, 3.63) is 270 Å². The van der Waals surface area contributed by atoms with Gasteiger partial charge in [-0.15, -0.1) is 0 Å². The maximum Gasteiger partial charge on any atom is 0.0930 e. The van der Waals surface area contributed by atoms with Crippen LogP contribution in [0, 0.1) is 0 Å². The molecule has 0 radical (unpaired) electrons. The van der Waals surface area contributed by atoms with Crippen molar-refractivity contribution in [2.75, 3.05) is 0 Å². The zero-order valence-corrected chi connectivity index (χ0v) is 38.3. The largest absolute Gasteiger partial charge is 0.309 e. The number of para-hydroxylation sites is 2. The summed E-state index contributed by atoms with van der Waals surface area (Å²) in [4.78, 5) is 10.9. The summed E-state index contributed by atoms with van der Waals surface area (Å²) < 4.78 is 2.38. The van der Waals surface area contributed by atoms with Crippen molar-refractivity contribution < 1.29 is 0 Å². The monoisotopic (exact) mass is 881 g/mol. The van der Waals surface area contributed by atoms with E-state index in [1.807, 2.05) is 6.20 Å². The first-order valence-electron chi connectivity index (χ1n) is 24.3. The molecule has 2 heterocycles. The number of hydrogen-bond acceptors (Lipinski definition) is 2. The van der Waals surface area contributed by atoms with Crippen LogP contribution >= 0.6 is 0 Å². The third-order valence-electron chi connectivity index (χ3n) is 15.7. The van der Waals surface area contributed by atoms with Gasteiger partial charge < -0.3 is 4.57 Å². The molecule has 4 aliphatic rings. The summed E-state index contributed by atoms with van der Waals surface area (Å²) in [5, 5.41) is 2.52. The molecule has 0 aliphatic heterocycles. The summed E-state index contributed by atoms with van der Waals surface area (Å²) in [6.07, 6.45) is 19.9. The second kappa shape index (κ2) is 15.3. The predicted octanol–water partition coefficient (Wildman–Crippen LogP) is 16.3. The van der Waals surface area contributed by atoms with Crippen molar-refractivity contribution in [1.29, 1.82) is 0 Å². The van der Waals surface area contributed by atoms with Gasteiger partial charge >= 0.3 is 0 Å². The third-order valence-corrected chi connectivity index (χ3v) is 15.7. The first kappa shape index (κ1) is 39.7. The molecule has 69 heavy (non-hydrogen) atoms. The molecule has 0 N–H and O–H groups in total. The van der Waals surface area contributed by atoms with Gasteiger partial charge in [-0.3, -0.25) is 4.98 Å². The van der Waals surface area contributed by atoms with Crippen LogP contribution in [0.4, 0.5) is 0 Å². The van der Waals surface area contributed by atoms with Gasteiger partial charge in [0, 0.05) is 38.9 Å². The molecular weight excluding hydrogens is 835 g/mol. The lowest BCUT2D eigenvalue weighted by atomic mass is 9.63. The zero-order chi connectivity index (χ0) is 45.7. The van der Waals surface area contributed by atoms with E-state index in [9.17, 15) is 0 Å². The smallest absolute Gasteiger partial charge is 0.0930 e. The van der Waals surface area contributed by atoms with Gasteiger partial charge in [0.25, 0.3) is 0 Å². The van der Waals surface area contributed by atoms with Crippen LogP contribution in [0.3, 0.4) is 0 Å². The quantitative estimate of drug-likeness (QED) is 0.167. The molecule has 14 rings (SSSR count). The molecule has 0 bridgehead atoms. The minimum absolute atomic E-state index is 0.191. The fourth-order valence-corrected chi connectivity index (χ4v) is 12.4.